The molecule has 0 fully saturated rings. The van der Waals surface area contributed by atoms with Crippen LogP contribution in [0.15, 0.2) is 18.2 Å². The van der Waals surface area contributed by atoms with E-state index in [9.17, 15) is 9.90 Å². The Morgan fingerprint density at radius 3 is 2.74 bits per heavy atom. The lowest BCUT2D eigenvalue weighted by atomic mass is 10.1. The highest BCUT2D eigenvalue weighted by molar-refractivity contribution is 5.69. The molecule has 0 aliphatic carbocycles. The average Bonchev–Trinajstić information content (AvgIpc) is 2.34. The lowest BCUT2D eigenvalue weighted by molar-refractivity contribution is -0.141. The van der Waals surface area contributed by atoms with Crippen LogP contribution in [-0.4, -0.2) is 41.3 Å². The van der Waals surface area contributed by atoms with Crippen LogP contribution >= 0.6 is 0 Å². The molecule has 0 aliphatic heterocycles. The first kappa shape index (κ1) is 15.3. The Bertz CT molecular complexity index is 433. The van der Waals surface area contributed by atoms with Crippen LogP contribution in [-0.2, 0) is 11.3 Å². The number of phenols is 1. The van der Waals surface area contributed by atoms with E-state index < -0.39 is 11.9 Å². The molecule has 19 heavy (non-hydrogen) atoms. The maximum Gasteiger partial charge on any atom is 0.307 e. The van der Waals surface area contributed by atoms with Crippen molar-refractivity contribution in [3.05, 3.63) is 23.8 Å². The molecule has 2 N–H and O–H groups in total. The van der Waals surface area contributed by atoms with Gasteiger partial charge in [-0.1, -0.05) is 19.1 Å². The predicted molar refractivity (Wildman–Crippen MR) is 72.4 cm³/mol. The van der Waals surface area contributed by atoms with Crippen LogP contribution in [0.5, 0.6) is 11.5 Å². The molecule has 0 spiro atoms. The summed E-state index contributed by atoms with van der Waals surface area (Å²) in [6.45, 7) is 4.91. The number of aliphatic carboxylic acids is 1. The molecule has 1 aromatic rings. The van der Waals surface area contributed by atoms with Crippen LogP contribution in [0.4, 0.5) is 0 Å². The highest BCUT2D eigenvalue weighted by Crippen LogP contribution is 2.30. The Balaban J connectivity index is 2.71. The van der Waals surface area contributed by atoms with Crippen molar-refractivity contribution in [1.82, 2.24) is 4.90 Å². The SMILES string of the molecule is CCOc1cccc(CN(C)CC(C)C(=O)O)c1O. The lowest BCUT2D eigenvalue weighted by Gasteiger charge is -2.20. The fraction of sp³-hybridized carbons (Fsp3) is 0.500. The summed E-state index contributed by atoms with van der Waals surface area (Å²) in [5.41, 5.74) is 0.728. The first-order chi connectivity index (χ1) is 8.95. The Labute approximate surface area is 113 Å². The summed E-state index contributed by atoms with van der Waals surface area (Å²) in [5, 5.41) is 18.9. The largest absolute Gasteiger partial charge is 0.504 e. The molecule has 0 amide bonds. The number of ether oxygens (including phenoxy) is 1. The maximum atomic E-state index is 10.8. The molecule has 5 nitrogen and oxygen atoms in total. The van der Waals surface area contributed by atoms with Gasteiger partial charge in [-0.2, -0.15) is 0 Å². The number of benzene rings is 1. The molecule has 0 saturated heterocycles. The summed E-state index contributed by atoms with van der Waals surface area (Å²) in [6.07, 6.45) is 0. The lowest BCUT2D eigenvalue weighted by Crippen LogP contribution is -2.28. The zero-order valence-electron chi connectivity index (χ0n) is 11.6. The van der Waals surface area contributed by atoms with Crippen molar-refractivity contribution >= 4 is 5.97 Å². The van der Waals surface area contributed by atoms with Gasteiger partial charge in [-0.3, -0.25) is 4.79 Å². The minimum atomic E-state index is -0.820. The fourth-order valence-corrected chi connectivity index (χ4v) is 1.87. The number of carboxylic acids is 1. The normalized spacial score (nSPS) is 12.4. The second-order valence-electron chi connectivity index (χ2n) is 4.63. The van der Waals surface area contributed by atoms with Crippen LogP contribution in [0.25, 0.3) is 0 Å². The number of nitrogens with zero attached hydrogens (tertiary/aromatic N) is 1. The van der Waals surface area contributed by atoms with Crippen LogP contribution in [0.2, 0.25) is 0 Å². The number of hydrogen-bond acceptors (Lipinski definition) is 4. The highest BCUT2D eigenvalue weighted by atomic mass is 16.5. The van der Waals surface area contributed by atoms with E-state index in [0.29, 0.717) is 25.4 Å². The van der Waals surface area contributed by atoms with Crippen molar-refractivity contribution in [1.29, 1.82) is 0 Å². The molecule has 0 heterocycles. The van der Waals surface area contributed by atoms with Gasteiger partial charge in [0.15, 0.2) is 11.5 Å². The molecule has 0 radical (unpaired) electrons. The Morgan fingerprint density at radius 1 is 1.47 bits per heavy atom. The van der Waals surface area contributed by atoms with Gasteiger partial charge >= 0.3 is 5.97 Å². The molecule has 5 heteroatoms. The summed E-state index contributed by atoms with van der Waals surface area (Å²) < 4.78 is 5.32. The minimum absolute atomic E-state index is 0.124. The van der Waals surface area contributed by atoms with Gasteiger partial charge in [0.25, 0.3) is 0 Å². The standard InChI is InChI=1S/C14H21NO4/c1-4-19-12-7-5-6-11(13(12)16)9-15(3)8-10(2)14(17)18/h5-7,10,16H,4,8-9H2,1-3H3,(H,17,18). The zero-order valence-corrected chi connectivity index (χ0v) is 11.6. The third-order valence-corrected chi connectivity index (χ3v) is 2.83. The van der Waals surface area contributed by atoms with Gasteiger partial charge in [-0.05, 0) is 20.0 Å². The molecule has 106 valence electrons. The van der Waals surface area contributed by atoms with Crippen molar-refractivity contribution < 1.29 is 19.7 Å². The number of rotatable bonds is 7. The van der Waals surface area contributed by atoms with Crippen LogP contribution in [0.3, 0.4) is 0 Å². The van der Waals surface area contributed by atoms with Gasteiger partial charge in [0.05, 0.1) is 12.5 Å². The van der Waals surface area contributed by atoms with E-state index in [2.05, 4.69) is 0 Å². The fourth-order valence-electron chi connectivity index (χ4n) is 1.87. The predicted octanol–water partition coefficient (Wildman–Crippen LogP) is 1.94. The van der Waals surface area contributed by atoms with Gasteiger partial charge in [0.2, 0.25) is 0 Å². The number of phenolic OH excluding ortho intramolecular Hbond substituents is 1. The summed E-state index contributed by atoms with van der Waals surface area (Å²) in [6, 6.07) is 5.33. The molecule has 1 unspecified atom stereocenters. The number of hydrogen-bond donors (Lipinski definition) is 2. The first-order valence-corrected chi connectivity index (χ1v) is 6.30. The maximum absolute atomic E-state index is 10.8. The van der Waals surface area contributed by atoms with Crippen LogP contribution in [0, 0.1) is 5.92 Å². The van der Waals surface area contributed by atoms with E-state index in [-0.39, 0.29) is 5.75 Å². The van der Waals surface area contributed by atoms with E-state index in [0.717, 1.165) is 5.56 Å². The van der Waals surface area contributed by atoms with Gasteiger partial charge in [0.1, 0.15) is 0 Å². The molecule has 1 atom stereocenters. The smallest absolute Gasteiger partial charge is 0.307 e. The van der Waals surface area contributed by atoms with Crippen molar-refractivity contribution in [2.24, 2.45) is 5.92 Å². The van der Waals surface area contributed by atoms with E-state index in [1.165, 1.54) is 0 Å². The number of carboxylic acid groups (broad SMARTS) is 1. The Hall–Kier alpha value is -1.75. The zero-order chi connectivity index (χ0) is 14.4. The molecular formula is C14H21NO4. The van der Waals surface area contributed by atoms with Gasteiger partial charge < -0.3 is 19.8 Å². The topological polar surface area (TPSA) is 70.0 Å². The molecular weight excluding hydrogens is 246 g/mol. The van der Waals surface area contributed by atoms with Crippen molar-refractivity contribution in [3.8, 4) is 11.5 Å². The number of para-hydroxylation sites is 1. The molecule has 1 rings (SSSR count). The van der Waals surface area contributed by atoms with Gasteiger partial charge in [-0.15, -0.1) is 0 Å². The number of aromatic hydroxyl groups is 1. The van der Waals surface area contributed by atoms with E-state index in [4.69, 9.17) is 9.84 Å². The van der Waals surface area contributed by atoms with E-state index >= 15 is 0 Å². The summed E-state index contributed by atoms with van der Waals surface area (Å²) >= 11 is 0. The minimum Gasteiger partial charge on any atom is -0.504 e. The third-order valence-electron chi connectivity index (χ3n) is 2.83. The van der Waals surface area contributed by atoms with Gasteiger partial charge in [-0.25, -0.2) is 0 Å². The quantitative estimate of drug-likeness (QED) is 0.790. The highest BCUT2D eigenvalue weighted by Gasteiger charge is 2.15. The molecule has 0 bridgehead atoms. The van der Waals surface area contributed by atoms with E-state index in [1.807, 2.05) is 24.9 Å². The van der Waals surface area contributed by atoms with Crippen LogP contribution in [0.1, 0.15) is 19.4 Å². The van der Waals surface area contributed by atoms with Crippen molar-refractivity contribution in [2.45, 2.75) is 20.4 Å². The van der Waals surface area contributed by atoms with Crippen molar-refractivity contribution in [3.63, 3.8) is 0 Å². The number of carbonyl (C=O) groups is 1. The first-order valence-electron chi connectivity index (χ1n) is 6.30. The Morgan fingerprint density at radius 2 is 2.16 bits per heavy atom. The average molecular weight is 267 g/mol. The second-order valence-corrected chi connectivity index (χ2v) is 4.63. The third kappa shape index (κ3) is 4.44. The van der Waals surface area contributed by atoms with Crippen LogP contribution < -0.4 is 4.74 Å². The summed E-state index contributed by atoms with van der Waals surface area (Å²) in [5.74, 6) is -0.680. The molecule has 1 aromatic carbocycles. The molecule has 0 aliphatic rings. The summed E-state index contributed by atoms with van der Waals surface area (Å²) in [4.78, 5) is 12.7. The second kappa shape index (κ2) is 6.99. The molecule has 0 saturated carbocycles. The molecule has 0 aromatic heterocycles. The summed E-state index contributed by atoms with van der Waals surface area (Å²) in [7, 11) is 1.83. The van der Waals surface area contributed by atoms with Crippen molar-refractivity contribution in [2.75, 3.05) is 20.2 Å². The van der Waals surface area contributed by atoms with E-state index in [1.54, 1.807) is 19.1 Å². The monoisotopic (exact) mass is 267 g/mol. The van der Waals surface area contributed by atoms with Gasteiger partial charge in [0, 0.05) is 18.7 Å². The Kier molecular flexibility index (Phi) is 5.63.